The minimum Gasteiger partial charge on any atom is -0.497 e. The van der Waals surface area contributed by atoms with Crippen molar-refractivity contribution in [1.29, 1.82) is 0 Å². The number of rotatable bonds is 5. The molecular formula is C15H15BrN2O2S. The number of nitrogens with two attached hydrogens (primary N) is 1. The van der Waals surface area contributed by atoms with Crippen LogP contribution in [0.15, 0.2) is 34.8 Å². The number of pyridine rings is 1. The third-order valence-corrected chi connectivity index (χ3v) is 3.51. The Morgan fingerprint density at radius 1 is 1.33 bits per heavy atom. The van der Waals surface area contributed by atoms with E-state index in [-0.39, 0.29) is 0 Å². The fourth-order valence-corrected chi connectivity index (χ4v) is 2.39. The summed E-state index contributed by atoms with van der Waals surface area (Å²) in [4.78, 5) is 4.70. The number of nitrogens with zero attached hydrogens (tertiary/aromatic N) is 1. The topological polar surface area (TPSA) is 57.4 Å². The van der Waals surface area contributed by atoms with Gasteiger partial charge in [-0.15, -0.1) is 0 Å². The van der Waals surface area contributed by atoms with E-state index in [1.165, 1.54) is 0 Å². The Hall–Kier alpha value is -1.66. The summed E-state index contributed by atoms with van der Waals surface area (Å²) in [5.74, 6) is 1.39. The summed E-state index contributed by atoms with van der Waals surface area (Å²) in [6.07, 6.45) is 0. The molecule has 0 aliphatic heterocycles. The van der Waals surface area contributed by atoms with Gasteiger partial charge in [-0.25, -0.2) is 0 Å². The Morgan fingerprint density at radius 2 is 2.10 bits per heavy atom. The molecule has 0 saturated carbocycles. The minimum atomic E-state index is 0.293. The van der Waals surface area contributed by atoms with E-state index in [9.17, 15) is 0 Å². The molecule has 2 N–H and O–H groups in total. The average Bonchev–Trinajstić information content (AvgIpc) is 2.45. The molecule has 0 aliphatic rings. The van der Waals surface area contributed by atoms with E-state index in [1.807, 2.05) is 37.3 Å². The van der Waals surface area contributed by atoms with Gasteiger partial charge in [-0.05, 0) is 25.1 Å². The molecular weight excluding hydrogens is 352 g/mol. The first-order chi connectivity index (χ1) is 9.99. The van der Waals surface area contributed by atoms with Crippen LogP contribution in [0.4, 0.5) is 0 Å². The lowest BCUT2D eigenvalue weighted by Crippen LogP contribution is -2.12. The fraction of sp³-hybridized carbons (Fsp3) is 0.200. The molecule has 2 rings (SSSR count). The van der Waals surface area contributed by atoms with Gasteiger partial charge < -0.3 is 15.2 Å². The largest absolute Gasteiger partial charge is 0.497 e. The summed E-state index contributed by atoms with van der Waals surface area (Å²) in [6, 6.07) is 9.24. The van der Waals surface area contributed by atoms with E-state index >= 15 is 0 Å². The Balaban J connectivity index is 2.20. The molecule has 4 nitrogen and oxygen atoms in total. The quantitative estimate of drug-likeness (QED) is 0.822. The van der Waals surface area contributed by atoms with Crippen molar-refractivity contribution in [3.63, 3.8) is 0 Å². The van der Waals surface area contributed by atoms with E-state index < -0.39 is 0 Å². The Labute approximate surface area is 137 Å². The molecule has 0 bridgehead atoms. The number of aromatic nitrogens is 1. The highest BCUT2D eigenvalue weighted by molar-refractivity contribution is 9.10. The van der Waals surface area contributed by atoms with E-state index in [0.717, 1.165) is 21.6 Å². The lowest BCUT2D eigenvalue weighted by atomic mass is 10.2. The lowest BCUT2D eigenvalue weighted by Gasteiger charge is -2.12. The summed E-state index contributed by atoms with van der Waals surface area (Å²) in [5, 5.41) is 0. The molecule has 0 fully saturated rings. The van der Waals surface area contributed by atoms with Crippen LogP contribution in [-0.4, -0.2) is 17.1 Å². The Morgan fingerprint density at radius 3 is 2.76 bits per heavy atom. The molecule has 1 aromatic carbocycles. The van der Waals surface area contributed by atoms with Crippen LogP contribution in [-0.2, 0) is 6.61 Å². The highest BCUT2D eigenvalue weighted by Crippen LogP contribution is 2.24. The van der Waals surface area contributed by atoms with Crippen molar-refractivity contribution >= 4 is 33.1 Å². The predicted molar refractivity (Wildman–Crippen MR) is 89.9 cm³/mol. The van der Waals surface area contributed by atoms with E-state index in [0.29, 0.717) is 22.9 Å². The summed E-state index contributed by atoms with van der Waals surface area (Å²) < 4.78 is 11.9. The number of hydrogen-bond acceptors (Lipinski definition) is 4. The van der Waals surface area contributed by atoms with Crippen molar-refractivity contribution in [3.8, 4) is 11.5 Å². The van der Waals surface area contributed by atoms with Gasteiger partial charge in [-0.3, -0.25) is 4.98 Å². The third kappa shape index (κ3) is 4.15. The molecule has 0 unspecified atom stereocenters. The minimum absolute atomic E-state index is 0.293. The summed E-state index contributed by atoms with van der Waals surface area (Å²) in [7, 11) is 1.62. The monoisotopic (exact) mass is 366 g/mol. The van der Waals surface area contributed by atoms with Crippen LogP contribution in [0, 0.1) is 6.92 Å². The summed E-state index contributed by atoms with van der Waals surface area (Å²) >= 11 is 8.43. The molecule has 2 aromatic rings. The SMILES string of the molecule is COc1cc(C)nc(COc2ccc(Br)cc2C(N)=S)c1. The first-order valence-electron chi connectivity index (χ1n) is 6.23. The zero-order valence-electron chi connectivity index (χ0n) is 11.7. The Bertz CT molecular complexity index is 677. The maximum absolute atomic E-state index is 5.79. The number of hydrogen-bond donors (Lipinski definition) is 1. The van der Waals surface area contributed by atoms with Crippen LogP contribution in [0.5, 0.6) is 11.5 Å². The van der Waals surface area contributed by atoms with Gasteiger partial charge >= 0.3 is 0 Å². The number of ether oxygens (including phenoxy) is 2. The number of methoxy groups -OCH3 is 1. The predicted octanol–water partition coefficient (Wildman–Crippen LogP) is 3.37. The molecule has 0 atom stereocenters. The molecule has 110 valence electrons. The van der Waals surface area contributed by atoms with Gasteiger partial charge in [-0.2, -0.15) is 0 Å². The molecule has 0 amide bonds. The fourth-order valence-electron chi connectivity index (χ4n) is 1.87. The molecule has 1 heterocycles. The van der Waals surface area contributed by atoms with Gasteiger partial charge in [0.2, 0.25) is 0 Å². The van der Waals surface area contributed by atoms with Crippen molar-refractivity contribution in [2.45, 2.75) is 13.5 Å². The van der Waals surface area contributed by atoms with Gasteiger partial charge in [0, 0.05) is 22.3 Å². The van der Waals surface area contributed by atoms with E-state index in [2.05, 4.69) is 20.9 Å². The number of thiocarbonyl (C=S) groups is 1. The van der Waals surface area contributed by atoms with Crippen molar-refractivity contribution in [2.24, 2.45) is 5.73 Å². The second kappa shape index (κ2) is 6.87. The van der Waals surface area contributed by atoms with Crippen molar-refractivity contribution in [1.82, 2.24) is 4.98 Å². The highest BCUT2D eigenvalue weighted by atomic mass is 79.9. The molecule has 0 saturated heterocycles. The zero-order chi connectivity index (χ0) is 15.4. The Kier molecular flexibility index (Phi) is 5.14. The molecule has 21 heavy (non-hydrogen) atoms. The number of halogens is 1. The van der Waals surface area contributed by atoms with Crippen LogP contribution >= 0.6 is 28.1 Å². The highest BCUT2D eigenvalue weighted by Gasteiger charge is 2.09. The van der Waals surface area contributed by atoms with Gasteiger partial charge in [0.15, 0.2) is 0 Å². The van der Waals surface area contributed by atoms with Crippen molar-refractivity contribution in [2.75, 3.05) is 7.11 Å². The smallest absolute Gasteiger partial charge is 0.130 e. The average molecular weight is 367 g/mol. The normalized spacial score (nSPS) is 10.2. The van der Waals surface area contributed by atoms with Crippen LogP contribution in [0.2, 0.25) is 0 Å². The van der Waals surface area contributed by atoms with Crippen molar-refractivity contribution in [3.05, 3.63) is 51.8 Å². The third-order valence-electron chi connectivity index (χ3n) is 2.80. The number of benzene rings is 1. The van der Waals surface area contributed by atoms with E-state index in [1.54, 1.807) is 7.11 Å². The molecule has 6 heteroatoms. The van der Waals surface area contributed by atoms with Gasteiger partial charge in [0.05, 0.1) is 18.4 Å². The van der Waals surface area contributed by atoms with Crippen LogP contribution < -0.4 is 15.2 Å². The molecule has 1 aromatic heterocycles. The second-order valence-electron chi connectivity index (χ2n) is 4.43. The molecule has 0 radical (unpaired) electrons. The van der Waals surface area contributed by atoms with Gasteiger partial charge in [0.25, 0.3) is 0 Å². The van der Waals surface area contributed by atoms with Crippen LogP contribution in [0.25, 0.3) is 0 Å². The maximum Gasteiger partial charge on any atom is 0.130 e. The second-order valence-corrected chi connectivity index (χ2v) is 5.79. The van der Waals surface area contributed by atoms with Crippen LogP contribution in [0.1, 0.15) is 17.0 Å². The standard InChI is InChI=1S/C15H15BrN2O2S/c1-9-5-12(19-2)7-11(18-9)8-20-14-4-3-10(16)6-13(14)15(17)21/h3-7H,8H2,1-2H3,(H2,17,21). The first kappa shape index (κ1) is 15.7. The van der Waals surface area contributed by atoms with Gasteiger partial charge in [0.1, 0.15) is 23.1 Å². The van der Waals surface area contributed by atoms with E-state index in [4.69, 9.17) is 27.4 Å². The first-order valence-corrected chi connectivity index (χ1v) is 7.43. The summed E-state index contributed by atoms with van der Waals surface area (Å²) in [6.45, 7) is 2.22. The van der Waals surface area contributed by atoms with Gasteiger partial charge in [-0.1, -0.05) is 28.1 Å². The van der Waals surface area contributed by atoms with Crippen molar-refractivity contribution < 1.29 is 9.47 Å². The zero-order valence-corrected chi connectivity index (χ0v) is 14.1. The molecule has 0 spiro atoms. The maximum atomic E-state index is 5.79. The lowest BCUT2D eigenvalue weighted by molar-refractivity contribution is 0.299. The number of aryl methyl sites for hydroxylation is 1. The molecule has 0 aliphatic carbocycles. The van der Waals surface area contributed by atoms with Crippen LogP contribution in [0.3, 0.4) is 0 Å². The summed E-state index contributed by atoms with van der Waals surface area (Å²) in [5.41, 5.74) is 8.07.